The van der Waals surface area contributed by atoms with Gasteiger partial charge in [-0.1, -0.05) is 0 Å². The molecule has 1 aromatic heterocycles. The van der Waals surface area contributed by atoms with Crippen LogP contribution in [0.3, 0.4) is 0 Å². The van der Waals surface area contributed by atoms with E-state index in [1.165, 1.54) is 13.2 Å². The first-order valence-corrected chi connectivity index (χ1v) is 11.0. The molecule has 3 aromatic rings. The quantitative estimate of drug-likeness (QED) is 0.504. The number of hydrogen-bond acceptors (Lipinski definition) is 9. The highest BCUT2D eigenvalue weighted by Gasteiger charge is 2.60. The molecule has 1 aliphatic carbocycles. The molecule has 9 heteroatoms. The molecule has 0 spiro atoms. The Balaban J connectivity index is 1.57. The second-order valence-electron chi connectivity index (χ2n) is 8.51. The van der Waals surface area contributed by atoms with Gasteiger partial charge in [0.15, 0.2) is 22.8 Å². The molecule has 0 N–H and O–H groups in total. The van der Waals surface area contributed by atoms with Crippen LogP contribution in [0.4, 0.5) is 0 Å². The number of methoxy groups -OCH3 is 4. The molecule has 1 saturated carbocycles. The van der Waals surface area contributed by atoms with Crippen LogP contribution in [0, 0.1) is 5.92 Å². The number of ether oxygens (including phenoxy) is 7. The van der Waals surface area contributed by atoms with Gasteiger partial charge in [0.2, 0.25) is 12.5 Å². The molecule has 2 aromatic carbocycles. The topological polar surface area (TPSA) is 94.8 Å². The average molecular weight is 468 g/mol. The zero-order valence-corrected chi connectivity index (χ0v) is 19.2. The van der Waals surface area contributed by atoms with Crippen LogP contribution in [-0.2, 0) is 4.74 Å². The van der Waals surface area contributed by atoms with E-state index in [1.54, 1.807) is 27.4 Å². The Hall–Kier alpha value is -3.59. The molecule has 0 unspecified atom stereocenters. The maximum absolute atomic E-state index is 12.0. The zero-order chi connectivity index (χ0) is 23.6. The van der Waals surface area contributed by atoms with Crippen molar-refractivity contribution in [1.29, 1.82) is 0 Å². The first-order chi connectivity index (χ1) is 16.6. The third kappa shape index (κ3) is 2.73. The van der Waals surface area contributed by atoms with Gasteiger partial charge in [0, 0.05) is 48.1 Å². The van der Waals surface area contributed by atoms with E-state index < -0.39 is 5.63 Å². The van der Waals surface area contributed by atoms with E-state index >= 15 is 0 Å². The van der Waals surface area contributed by atoms with Crippen LogP contribution in [0.1, 0.15) is 23.0 Å². The summed E-state index contributed by atoms with van der Waals surface area (Å²) in [5.41, 5.74) is 1.68. The molecule has 34 heavy (non-hydrogen) atoms. The molecule has 4 atom stereocenters. The predicted molar refractivity (Wildman–Crippen MR) is 120 cm³/mol. The number of hydrogen-bond donors (Lipinski definition) is 0. The fourth-order valence-corrected chi connectivity index (χ4v) is 5.69. The molecule has 9 nitrogen and oxygen atoms in total. The van der Waals surface area contributed by atoms with E-state index in [0.717, 1.165) is 11.1 Å². The van der Waals surface area contributed by atoms with Crippen molar-refractivity contribution in [1.82, 2.24) is 0 Å². The van der Waals surface area contributed by atoms with E-state index in [2.05, 4.69) is 0 Å². The number of benzene rings is 2. The van der Waals surface area contributed by atoms with Gasteiger partial charge in [-0.3, -0.25) is 0 Å². The van der Waals surface area contributed by atoms with Gasteiger partial charge in [-0.25, -0.2) is 4.79 Å². The van der Waals surface area contributed by atoms with Crippen LogP contribution < -0.4 is 34.0 Å². The second kappa shape index (κ2) is 7.73. The molecule has 0 saturated heterocycles. The number of fused-ring (bicyclic) bond motifs is 5. The van der Waals surface area contributed by atoms with Crippen molar-refractivity contribution in [3.8, 4) is 34.5 Å². The minimum atomic E-state index is -0.478. The summed E-state index contributed by atoms with van der Waals surface area (Å²) in [6.45, 7) is 0.658. The van der Waals surface area contributed by atoms with Gasteiger partial charge in [-0.15, -0.1) is 0 Å². The van der Waals surface area contributed by atoms with E-state index in [-0.39, 0.29) is 30.7 Å². The highest BCUT2D eigenvalue weighted by Crippen LogP contribution is 2.67. The molecule has 0 bridgehead atoms. The number of rotatable bonds is 6. The van der Waals surface area contributed by atoms with Crippen LogP contribution in [0.15, 0.2) is 33.5 Å². The minimum Gasteiger partial charge on any atom is -0.496 e. The molecule has 2 aliphatic heterocycles. The van der Waals surface area contributed by atoms with Gasteiger partial charge >= 0.3 is 5.63 Å². The summed E-state index contributed by atoms with van der Waals surface area (Å²) in [6, 6.07) is 6.90. The van der Waals surface area contributed by atoms with Crippen LogP contribution in [-0.4, -0.2) is 47.9 Å². The second-order valence-corrected chi connectivity index (χ2v) is 8.51. The molecule has 1 fully saturated rings. The molecule has 3 aliphatic rings. The maximum Gasteiger partial charge on any atom is 0.336 e. The van der Waals surface area contributed by atoms with Crippen molar-refractivity contribution < 1.29 is 37.6 Å². The summed E-state index contributed by atoms with van der Waals surface area (Å²) >= 11 is 0. The van der Waals surface area contributed by atoms with Crippen molar-refractivity contribution in [2.45, 2.75) is 17.9 Å². The molecular formula is C25H24O9. The van der Waals surface area contributed by atoms with Gasteiger partial charge < -0.3 is 37.6 Å². The van der Waals surface area contributed by atoms with Crippen LogP contribution in [0.2, 0.25) is 0 Å². The van der Waals surface area contributed by atoms with Crippen LogP contribution >= 0.6 is 0 Å². The Morgan fingerprint density at radius 1 is 0.941 bits per heavy atom. The van der Waals surface area contributed by atoms with Gasteiger partial charge in [0.1, 0.15) is 17.6 Å². The van der Waals surface area contributed by atoms with E-state index in [1.807, 2.05) is 12.1 Å². The smallest absolute Gasteiger partial charge is 0.336 e. The minimum absolute atomic E-state index is 0.0116. The Labute approximate surface area is 195 Å². The van der Waals surface area contributed by atoms with Crippen molar-refractivity contribution in [3.05, 3.63) is 45.8 Å². The van der Waals surface area contributed by atoms with Crippen molar-refractivity contribution in [2.24, 2.45) is 5.92 Å². The molecule has 0 amide bonds. The lowest BCUT2D eigenvalue weighted by Gasteiger charge is -2.47. The summed E-state index contributed by atoms with van der Waals surface area (Å²) in [5.74, 6) is 3.50. The lowest BCUT2D eigenvalue weighted by Crippen LogP contribution is -2.50. The Morgan fingerprint density at radius 2 is 1.71 bits per heavy atom. The van der Waals surface area contributed by atoms with Gasteiger partial charge in [-0.2, -0.15) is 0 Å². The van der Waals surface area contributed by atoms with Gasteiger partial charge in [0.25, 0.3) is 0 Å². The zero-order valence-electron chi connectivity index (χ0n) is 19.2. The monoisotopic (exact) mass is 468 g/mol. The van der Waals surface area contributed by atoms with Gasteiger partial charge in [0.05, 0.1) is 33.3 Å². The third-order valence-corrected chi connectivity index (χ3v) is 7.04. The van der Waals surface area contributed by atoms with Crippen LogP contribution in [0.25, 0.3) is 11.0 Å². The summed E-state index contributed by atoms with van der Waals surface area (Å²) in [5, 5.41) is 0.647. The largest absolute Gasteiger partial charge is 0.496 e. The highest BCUT2D eigenvalue weighted by molar-refractivity contribution is 5.94. The Morgan fingerprint density at radius 3 is 2.41 bits per heavy atom. The van der Waals surface area contributed by atoms with E-state index in [0.29, 0.717) is 52.1 Å². The summed E-state index contributed by atoms with van der Waals surface area (Å²) < 4.78 is 46.0. The molecular weight excluding hydrogens is 444 g/mol. The molecule has 3 heterocycles. The SMILES string of the molecule is COC[C@@H]1[C@H]2Oc3c(c(OC)c4ccc(=O)oc4c3OC)[C@H]2[C@H]1c1cc2c(cc1OC)OCO2. The first-order valence-electron chi connectivity index (χ1n) is 11.0. The normalized spacial score (nSPS) is 23.6. The Kier molecular flexibility index (Phi) is 4.77. The fourth-order valence-electron chi connectivity index (χ4n) is 5.69. The van der Waals surface area contributed by atoms with Crippen LogP contribution in [0.5, 0.6) is 34.5 Å². The lowest BCUT2D eigenvalue weighted by molar-refractivity contribution is -0.0264. The fraction of sp³-hybridized carbons (Fsp3) is 0.400. The third-order valence-electron chi connectivity index (χ3n) is 7.04. The maximum atomic E-state index is 12.0. The van der Waals surface area contributed by atoms with Crippen molar-refractivity contribution in [3.63, 3.8) is 0 Å². The van der Waals surface area contributed by atoms with Crippen molar-refractivity contribution >= 4 is 11.0 Å². The van der Waals surface area contributed by atoms with Crippen molar-refractivity contribution in [2.75, 3.05) is 41.8 Å². The van der Waals surface area contributed by atoms with Gasteiger partial charge in [-0.05, 0) is 12.1 Å². The Bertz CT molecular complexity index is 1340. The predicted octanol–water partition coefficient (Wildman–Crippen LogP) is 3.45. The summed E-state index contributed by atoms with van der Waals surface area (Å²) in [7, 11) is 6.44. The average Bonchev–Trinajstić information content (AvgIpc) is 3.43. The molecule has 6 rings (SSSR count). The summed E-state index contributed by atoms with van der Waals surface area (Å²) in [4.78, 5) is 12.0. The standard InChI is InChI=1S/C25H24O9/c1-27-9-13-18(12-7-15-16(32-10-31-15)8-14(12)28-2)19-20-21(29-3)11-5-6-17(26)33-23(11)25(30-4)24(20)34-22(13)19/h5-8,13,18-19,22H,9-10H2,1-4H3/t13-,18-,19+,22+/m0/s1. The van der Waals surface area contributed by atoms with E-state index in [4.69, 9.17) is 37.6 Å². The first kappa shape index (κ1) is 21.0. The lowest BCUT2D eigenvalue weighted by atomic mass is 9.58. The molecule has 0 radical (unpaired) electrons. The van der Waals surface area contributed by atoms with E-state index in [9.17, 15) is 4.79 Å². The molecule has 178 valence electrons. The highest BCUT2D eigenvalue weighted by atomic mass is 16.7. The summed E-state index contributed by atoms with van der Waals surface area (Å²) in [6.07, 6.45) is -0.179.